The van der Waals surface area contributed by atoms with Crippen LogP contribution < -0.4 is 9.47 Å². The number of hydrogen-bond donors (Lipinski definition) is 0. The van der Waals surface area contributed by atoms with E-state index in [1.165, 1.54) is 0 Å². The normalized spacial score (nSPS) is 17.7. The Labute approximate surface area is 231 Å². The highest BCUT2D eigenvalue weighted by Gasteiger charge is 2.37. The summed E-state index contributed by atoms with van der Waals surface area (Å²) in [5.74, 6) is 1.74. The van der Waals surface area contributed by atoms with E-state index in [0.29, 0.717) is 13.0 Å². The van der Waals surface area contributed by atoms with Gasteiger partial charge in [-0.2, -0.15) is 10.2 Å². The van der Waals surface area contributed by atoms with Gasteiger partial charge in [0.25, 0.3) is 0 Å². The molecule has 3 atom stereocenters. The summed E-state index contributed by atoms with van der Waals surface area (Å²) in [5, 5.41) is 9.07. The van der Waals surface area contributed by atoms with Gasteiger partial charge in [0.1, 0.15) is 23.1 Å². The van der Waals surface area contributed by atoms with Gasteiger partial charge in [0.15, 0.2) is 0 Å². The Morgan fingerprint density at radius 1 is 1.05 bits per heavy atom. The summed E-state index contributed by atoms with van der Waals surface area (Å²) in [4.78, 5) is 15.0. The van der Waals surface area contributed by atoms with Gasteiger partial charge in [0, 0.05) is 42.4 Å². The maximum Gasteiger partial charge on any atom is 0.223 e. The van der Waals surface area contributed by atoms with Crippen molar-refractivity contribution in [3.8, 4) is 22.6 Å². The second-order valence-corrected chi connectivity index (χ2v) is 11.9. The number of hydrogen-bond acceptors (Lipinski definition) is 5. The minimum absolute atomic E-state index is 0.0241. The maximum atomic E-state index is 13.0. The molecule has 1 fully saturated rings. The van der Waals surface area contributed by atoms with E-state index in [2.05, 4.69) is 53.8 Å². The van der Waals surface area contributed by atoms with E-state index in [0.717, 1.165) is 38.2 Å². The van der Waals surface area contributed by atoms with Crippen molar-refractivity contribution in [2.75, 3.05) is 13.7 Å². The fourth-order valence-electron chi connectivity index (χ4n) is 4.94. The van der Waals surface area contributed by atoms with Crippen LogP contribution in [0.5, 0.6) is 11.5 Å². The first-order valence-corrected chi connectivity index (χ1v) is 13.7. The number of fused-ring (bicyclic) bond motifs is 1. The number of benzene rings is 1. The van der Waals surface area contributed by atoms with Crippen molar-refractivity contribution in [2.45, 2.75) is 58.7 Å². The lowest BCUT2D eigenvalue weighted by atomic mass is 10.0. The molecule has 1 aliphatic rings. The van der Waals surface area contributed by atoms with Gasteiger partial charge in [-0.3, -0.25) is 9.48 Å². The molecule has 9 heteroatoms. The van der Waals surface area contributed by atoms with E-state index in [1.54, 1.807) is 13.3 Å². The monoisotopic (exact) mass is 579 g/mol. The molecule has 0 N–H and O–H groups in total. The van der Waals surface area contributed by atoms with Crippen LogP contribution in [0.1, 0.15) is 52.6 Å². The lowest BCUT2D eigenvalue weighted by Crippen LogP contribution is -2.31. The Hall–Kier alpha value is -3.33. The third-order valence-electron chi connectivity index (χ3n) is 7.37. The van der Waals surface area contributed by atoms with Crippen LogP contribution in [0, 0.1) is 5.92 Å². The molecule has 4 heterocycles. The minimum atomic E-state index is -0.176. The van der Waals surface area contributed by atoms with Crippen molar-refractivity contribution in [1.29, 1.82) is 0 Å². The summed E-state index contributed by atoms with van der Waals surface area (Å²) in [6.07, 6.45) is 7.94. The number of nitrogens with zero attached hydrogens (tertiary/aromatic N) is 5. The molecule has 0 aliphatic carbocycles. The number of likely N-dealkylation sites (tertiary alicyclic amines) is 1. The maximum absolute atomic E-state index is 13.0. The number of pyridine rings is 1. The zero-order chi connectivity index (χ0) is 27.2. The molecule has 5 rings (SSSR count). The van der Waals surface area contributed by atoms with Gasteiger partial charge < -0.3 is 14.4 Å². The molecule has 0 saturated carbocycles. The van der Waals surface area contributed by atoms with Crippen LogP contribution in [0.4, 0.5) is 0 Å². The van der Waals surface area contributed by atoms with Gasteiger partial charge in [0.2, 0.25) is 5.91 Å². The number of ether oxygens (including phenoxy) is 2. The third kappa shape index (κ3) is 5.04. The number of aromatic nitrogens is 4. The summed E-state index contributed by atoms with van der Waals surface area (Å²) in [6, 6.07) is 9.92. The first-order chi connectivity index (χ1) is 18.0. The standard InChI is InChI=1S/C29H34BrN5O3/c1-18(20-7-9-24(37-6)10-8-20)33-15-21(12-27(33)36)19(2)38-26-11-22(16-34-28(26)25(30)14-31-34)23-13-32-35(17-23)29(3,4)5/h7-11,13-14,16-19,21H,12,15H2,1-6H3/t18-,19-,21?/m1/s1. The number of carbonyl (C=O) groups excluding carboxylic acids is 1. The lowest BCUT2D eigenvalue weighted by Gasteiger charge is -2.27. The van der Waals surface area contributed by atoms with Crippen molar-refractivity contribution in [1.82, 2.24) is 24.3 Å². The Balaban J connectivity index is 1.37. The van der Waals surface area contributed by atoms with Gasteiger partial charge in [-0.05, 0) is 74.3 Å². The predicted octanol–water partition coefficient (Wildman–Crippen LogP) is 6.10. The van der Waals surface area contributed by atoms with Crippen LogP contribution in [-0.2, 0) is 10.3 Å². The highest BCUT2D eigenvalue weighted by molar-refractivity contribution is 9.10. The molecule has 1 amide bonds. The van der Waals surface area contributed by atoms with Gasteiger partial charge in [-0.1, -0.05) is 12.1 Å². The number of carbonyl (C=O) groups is 1. The number of methoxy groups -OCH3 is 1. The topological polar surface area (TPSA) is 73.9 Å². The highest BCUT2D eigenvalue weighted by Crippen LogP contribution is 2.36. The van der Waals surface area contributed by atoms with Gasteiger partial charge in [-0.15, -0.1) is 0 Å². The van der Waals surface area contributed by atoms with E-state index in [-0.39, 0.29) is 29.5 Å². The molecule has 1 saturated heterocycles. The van der Waals surface area contributed by atoms with Crippen molar-refractivity contribution in [3.63, 3.8) is 0 Å². The molecule has 0 radical (unpaired) electrons. The van der Waals surface area contributed by atoms with E-state index < -0.39 is 0 Å². The first-order valence-electron chi connectivity index (χ1n) is 12.9. The summed E-state index contributed by atoms with van der Waals surface area (Å²) in [7, 11) is 1.65. The molecule has 1 unspecified atom stereocenters. The molecule has 4 aromatic rings. The number of amides is 1. The summed E-state index contributed by atoms with van der Waals surface area (Å²) >= 11 is 3.63. The van der Waals surface area contributed by atoms with Crippen molar-refractivity contribution < 1.29 is 14.3 Å². The molecule has 3 aromatic heterocycles. The van der Waals surface area contributed by atoms with E-state index in [9.17, 15) is 4.79 Å². The van der Waals surface area contributed by atoms with Crippen molar-refractivity contribution in [2.24, 2.45) is 5.92 Å². The average molecular weight is 581 g/mol. The Morgan fingerprint density at radius 2 is 1.79 bits per heavy atom. The molecule has 0 spiro atoms. The van der Waals surface area contributed by atoms with Gasteiger partial charge >= 0.3 is 0 Å². The second-order valence-electron chi connectivity index (χ2n) is 11.0. The molecular weight excluding hydrogens is 546 g/mol. The van der Waals surface area contributed by atoms with E-state index in [4.69, 9.17) is 9.47 Å². The van der Waals surface area contributed by atoms with Crippen LogP contribution in [0.2, 0.25) is 0 Å². The molecule has 1 aromatic carbocycles. The smallest absolute Gasteiger partial charge is 0.223 e. The zero-order valence-corrected chi connectivity index (χ0v) is 24.3. The van der Waals surface area contributed by atoms with Gasteiger partial charge in [-0.25, -0.2) is 4.52 Å². The summed E-state index contributed by atoms with van der Waals surface area (Å²) < 4.78 is 16.5. The van der Waals surface area contributed by atoms with Crippen LogP contribution in [0.3, 0.4) is 0 Å². The number of rotatable bonds is 7. The molecule has 0 bridgehead atoms. The van der Waals surface area contributed by atoms with E-state index in [1.807, 2.05) is 69.9 Å². The quantitative estimate of drug-likeness (QED) is 0.264. The lowest BCUT2D eigenvalue weighted by molar-refractivity contribution is -0.129. The SMILES string of the molecule is COc1ccc([C@@H](C)N2CC([C@@H](C)Oc3cc(-c4cnn(C(C)(C)C)c4)cn4ncc(Br)c34)CC2=O)cc1. The fourth-order valence-corrected chi connectivity index (χ4v) is 5.41. The largest absolute Gasteiger partial charge is 0.497 e. The molecule has 200 valence electrons. The highest BCUT2D eigenvalue weighted by atomic mass is 79.9. The Morgan fingerprint density at radius 3 is 2.45 bits per heavy atom. The van der Waals surface area contributed by atoms with Crippen LogP contribution in [0.25, 0.3) is 16.6 Å². The Bertz CT molecular complexity index is 1450. The van der Waals surface area contributed by atoms with Gasteiger partial charge in [0.05, 0.1) is 35.6 Å². The predicted molar refractivity (Wildman–Crippen MR) is 150 cm³/mol. The number of halogens is 1. The molecular formula is C29H34BrN5O3. The van der Waals surface area contributed by atoms with Crippen molar-refractivity contribution >= 4 is 27.4 Å². The van der Waals surface area contributed by atoms with Crippen molar-refractivity contribution in [3.05, 3.63) is 65.2 Å². The first kappa shape index (κ1) is 26.3. The fraction of sp³-hybridized carbons (Fsp3) is 0.414. The minimum Gasteiger partial charge on any atom is -0.497 e. The Kier molecular flexibility index (Phi) is 6.98. The van der Waals surface area contributed by atoms with Crippen LogP contribution >= 0.6 is 15.9 Å². The molecule has 8 nitrogen and oxygen atoms in total. The van der Waals surface area contributed by atoms with Crippen LogP contribution in [-0.4, -0.2) is 50.0 Å². The van der Waals surface area contributed by atoms with Crippen LogP contribution in [0.15, 0.2) is 59.6 Å². The summed E-state index contributed by atoms with van der Waals surface area (Å²) in [5.41, 5.74) is 3.78. The molecule has 1 aliphatic heterocycles. The molecule has 38 heavy (non-hydrogen) atoms. The summed E-state index contributed by atoms with van der Waals surface area (Å²) in [6.45, 7) is 11.1. The van der Waals surface area contributed by atoms with E-state index >= 15 is 0 Å². The average Bonchev–Trinajstić information content (AvgIpc) is 3.62. The third-order valence-corrected chi connectivity index (χ3v) is 7.95. The zero-order valence-electron chi connectivity index (χ0n) is 22.7. The second kappa shape index (κ2) is 10.1.